The van der Waals surface area contributed by atoms with Crippen LogP contribution in [-0.2, 0) is 0 Å². The molecule has 100 valence electrons. The second kappa shape index (κ2) is 6.10. The highest BCUT2D eigenvalue weighted by Crippen LogP contribution is 2.17. The molecule has 0 bridgehead atoms. The summed E-state index contributed by atoms with van der Waals surface area (Å²) in [4.78, 5) is 8.52. The lowest BCUT2D eigenvalue weighted by molar-refractivity contribution is 0.628. The third-order valence-electron chi connectivity index (χ3n) is 2.41. The van der Waals surface area contributed by atoms with Crippen molar-refractivity contribution in [1.29, 1.82) is 0 Å². The molecular formula is C13H16FN5. The fourth-order valence-electron chi connectivity index (χ4n) is 1.60. The Kier molecular flexibility index (Phi) is 4.25. The molecule has 2 aromatic rings. The van der Waals surface area contributed by atoms with Gasteiger partial charge in [-0.15, -0.1) is 0 Å². The van der Waals surface area contributed by atoms with E-state index < -0.39 is 0 Å². The summed E-state index contributed by atoms with van der Waals surface area (Å²) >= 11 is 0. The lowest BCUT2D eigenvalue weighted by Gasteiger charge is -2.09. The van der Waals surface area contributed by atoms with Crippen molar-refractivity contribution in [3.05, 3.63) is 42.0 Å². The van der Waals surface area contributed by atoms with Gasteiger partial charge < -0.3 is 16.4 Å². The van der Waals surface area contributed by atoms with Crippen LogP contribution in [0.3, 0.4) is 0 Å². The zero-order valence-electron chi connectivity index (χ0n) is 10.7. The topological polar surface area (TPSA) is 75.9 Å². The molecule has 19 heavy (non-hydrogen) atoms. The van der Waals surface area contributed by atoms with E-state index >= 15 is 0 Å². The zero-order chi connectivity index (χ0) is 13.7. The lowest BCUT2D eigenvalue weighted by Crippen LogP contribution is -2.14. The second-order valence-electron chi connectivity index (χ2n) is 4.03. The van der Waals surface area contributed by atoms with Crippen LogP contribution in [0.2, 0.25) is 0 Å². The molecule has 0 unspecified atom stereocenters. The summed E-state index contributed by atoms with van der Waals surface area (Å²) in [7, 11) is 0. The number of halogens is 1. The maximum absolute atomic E-state index is 12.8. The van der Waals surface area contributed by atoms with Crippen molar-refractivity contribution < 1.29 is 4.39 Å². The van der Waals surface area contributed by atoms with E-state index in [0.717, 1.165) is 5.69 Å². The minimum Gasteiger partial charge on any atom is -0.369 e. The number of aryl methyl sites for hydroxylation is 1. The van der Waals surface area contributed by atoms with Crippen molar-refractivity contribution in [3.8, 4) is 0 Å². The molecule has 6 heteroatoms. The van der Waals surface area contributed by atoms with Crippen LogP contribution in [0.4, 0.5) is 21.7 Å². The number of anilines is 3. The number of hydrogen-bond acceptors (Lipinski definition) is 5. The van der Waals surface area contributed by atoms with Crippen molar-refractivity contribution in [1.82, 2.24) is 9.97 Å². The van der Waals surface area contributed by atoms with E-state index in [4.69, 9.17) is 5.73 Å². The third-order valence-corrected chi connectivity index (χ3v) is 2.41. The number of hydrogen-bond donors (Lipinski definition) is 3. The maximum atomic E-state index is 12.8. The lowest BCUT2D eigenvalue weighted by atomic mass is 10.3. The molecule has 1 heterocycles. The summed E-state index contributed by atoms with van der Waals surface area (Å²) in [5, 5.41) is 6.19. The Balaban J connectivity index is 2.15. The summed E-state index contributed by atoms with van der Waals surface area (Å²) in [5.74, 6) is 1.74. The van der Waals surface area contributed by atoms with E-state index in [-0.39, 0.29) is 5.82 Å². The number of benzene rings is 1. The van der Waals surface area contributed by atoms with Gasteiger partial charge in [0, 0.05) is 24.8 Å². The predicted molar refractivity (Wildman–Crippen MR) is 74.0 cm³/mol. The van der Waals surface area contributed by atoms with Gasteiger partial charge in [-0.3, -0.25) is 0 Å². The van der Waals surface area contributed by atoms with Gasteiger partial charge in [0.25, 0.3) is 0 Å². The van der Waals surface area contributed by atoms with E-state index in [1.165, 1.54) is 12.1 Å². The Morgan fingerprint density at radius 1 is 1.16 bits per heavy atom. The number of nitrogens with one attached hydrogen (secondary N) is 2. The minimum absolute atomic E-state index is 0.269. The van der Waals surface area contributed by atoms with Crippen molar-refractivity contribution in [3.63, 3.8) is 0 Å². The van der Waals surface area contributed by atoms with Crippen LogP contribution in [-0.4, -0.2) is 23.1 Å². The highest BCUT2D eigenvalue weighted by molar-refractivity contribution is 5.59. The van der Waals surface area contributed by atoms with Crippen LogP contribution in [0.5, 0.6) is 0 Å². The number of nitrogens with two attached hydrogens (primary N) is 1. The molecule has 0 fully saturated rings. The first-order valence-corrected chi connectivity index (χ1v) is 5.99. The van der Waals surface area contributed by atoms with Crippen LogP contribution >= 0.6 is 0 Å². The Bertz CT molecular complexity index is 541. The summed E-state index contributed by atoms with van der Waals surface area (Å²) in [5.41, 5.74) is 6.20. The van der Waals surface area contributed by atoms with E-state index in [0.29, 0.717) is 30.5 Å². The van der Waals surface area contributed by atoms with Gasteiger partial charge in [-0.1, -0.05) is 0 Å². The molecule has 0 spiro atoms. The molecule has 2 rings (SSSR count). The van der Waals surface area contributed by atoms with Crippen LogP contribution in [0.25, 0.3) is 0 Å². The normalized spacial score (nSPS) is 10.3. The van der Waals surface area contributed by atoms with Gasteiger partial charge in [0.1, 0.15) is 23.3 Å². The van der Waals surface area contributed by atoms with Gasteiger partial charge in [-0.2, -0.15) is 0 Å². The summed E-state index contributed by atoms with van der Waals surface area (Å²) < 4.78 is 12.8. The Labute approximate surface area is 111 Å². The van der Waals surface area contributed by atoms with Crippen molar-refractivity contribution in [2.45, 2.75) is 6.92 Å². The largest absolute Gasteiger partial charge is 0.369 e. The van der Waals surface area contributed by atoms with Crippen LogP contribution in [0.15, 0.2) is 30.3 Å². The standard InChI is InChI=1S/C13H16FN5/c1-9-17-12(16-7-6-15)8-13(18-9)19-11-4-2-10(14)3-5-11/h2-5,8H,6-7,15H2,1H3,(H2,16,17,18,19). The molecule has 1 aromatic carbocycles. The van der Waals surface area contributed by atoms with Gasteiger partial charge in [0.05, 0.1) is 0 Å². The van der Waals surface area contributed by atoms with Crippen LogP contribution < -0.4 is 16.4 Å². The monoisotopic (exact) mass is 261 g/mol. The smallest absolute Gasteiger partial charge is 0.136 e. The predicted octanol–water partition coefficient (Wildman–Crippen LogP) is 2.04. The fourth-order valence-corrected chi connectivity index (χ4v) is 1.60. The number of aromatic nitrogens is 2. The van der Waals surface area contributed by atoms with Gasteiger partial charge in [0.2, 0.25) is 0 Å². The summed E-state index contributed by atoms with van der Waals surface area (Å²) in [6, 6.07) is 7.87. The van der Waals surface area contributed by atoms with Crippen molar-refractivity contribution >= 4 is 17.3 Å². The quantitative estimate of drug-likeness (QED) is 0.768. The SMILES string of the molecule is Cc1nc(NCCN)cc(Nc2ccc(F)cc2)n1. The molecule has 0 amide bonds. The van der Waals surface area contributed by atoms with E-state index in [1.54, 1.807) is 18.2 Å². The molecule has 4 N–H and O–H groups in total. The third kappa shape index (κ3) is 3.89. The summed E-state index contributed by atoms with van der Waals surface area (Å²) in [6.07, 6.45) is 0. The van der Waals surface area contributed by atoms with Gasteiger partial charge in [0.15, 0.2) is 0 Å². The van der Waals surface area contributed by atoms with E-state index in [9.17, 15) is 4.39 Å². The molecule has 0 saturated heterocycles. The van der Waals surface area contributed by atoms with Gasteiger partial charge in [-0.05, 0) is 31.2 Å². The molecular weight excluding hydrogens is 245 g/mol. The Morgan fingerprint density at radius 3 is 2.53 bits per heavy atom. The first-order chi connectivity index (χ1) is 9.17. The average Bonchev–Trinajstić information content (AvgIpc) is 2.38. The average molecular weight is 261 g/mol. The Hall–Kier alpha value is -2.21. The molecule has 0 saturated carbocycles. The molecule has 0 aliphatic heterocycles. The zero-order valence-corrected chi connectivity index (χ0v) is 10.7. The van der Waals surface area contributed by atoms with Crippen LogP contribution in [0.1, 0.15) is 5.82 Å². The molecule has 1 aromatic heterocycles. The molecule has 5 nitrogen and oxygen atoms in total. The van der Waals surface area contributed by atoms with E-state index in [1.807, 2.05) is 6.92 Å². The van der Waals surface area contributed by atoms with Gasteiger partial charge >= 0.3 is 0 Å². The molecule has 0 aliphatic carbocycles. The van der Waals surface area contributed by atoms with E-state index in [2.05, 4.69) is 20.6 Å². The maximum Gasteiger partial charge on any atom is 0.136 e. The molecule has 0 atom stereocenters. The number of nitrogens with zero attached hydrogens (tertiary/aromatic N) is 2. The Morgan fingerprint density at radius 2 is 1.84 bits per heavy atom. The second-order valence-corrected chi connectivity index (χ2v) is 4.03. The van der Waals surface area contributed by atoms with Gasteiger partial charge in [-0.25, -0.2) is 14.4 Å². The molecule has 0 aliphatic rings. The first-order valence-electron chi connectivity index (χ1n) is 5.99. The number of rotatable bonds is 5. The molecule has 0 radical (unpaired) electrons. The minimum atomic E-state index is -0.269. The highest BCUT2D eigenvalue weighted by Gasteiger charge is 2.02. The van der Waals surface area contributed by atoms with Crippen molar-refractivity contribution in [2.75, 3.05) is 23.7 Å². The fraction of sp³-hybridized carbons (Fsp3) is 0.231. The highest BCUT2D eigenvalue weighted by atomic mass is 19.1. The van der Waals surface area contributed by atoms with Crippen molar-refractivity contribution in [2.24, 2.45) is 5.73 Å². The van der Waals surface area contributed by atoms with Crippen LogP contribution in [0, 0.1) is 12.7 Å². The summed E-state index contributed by atoms with van der Waals surface area (Å²) in [6.45, 7) is 2.99. The first kappa shape index (κ1) is 13.2.